The molecular formula is C18H25N5O. The molecule has 0 aromatic carbocycles. The first kappa shape index (κ1) is 15.6. The lowest BCUT2D eigenvalue weighted by molar-refractivity contribution is 0.00890. The van der Waals surface area contributed by atoms with Crippen molar-refractivity contribution in [2.45, 2.75) is 31.5 Å². The van der Waals surface area contributed by atoms with E-state index in [2.05, 4.69) is 37.4 Å². The van der Waals surface area contributed by atoms with Gasteiger partial charge in [-0.15, -0.1) is 0 Å². The molecule has 2 aromatic rings. The Bertz CT molecular complexity index is 658. The minimum Gasteiger partial charge on any atom is -0.374 e. The quantitative estimate of drug-likeness (QED) is 0.858. The van der Waals surface area contributed by atoms with Gasteiger partial charge in [-0.3, -0.25) is 9.88 Å². The van der Waals surface area contributed by atoms with E-state index >= 15 is 0 Å². The van der Waals surface area contributed by atoms with Crippen molar-refractivity contribution in [2.24, 2.45) is 7.05 Å². The molecule has 128 valence electrons. The van der Waals surface area contributed by atoms with Gasteiger partial charge >= 0.3 is 0 Å². The molecule has 6 heteroatoms. The van der Waals surface area contributed by atoms with E-state index in [-0.39, 0.29) is 0 Å². The van der Waals surface area contributed by atoms with Crippen LogP contribution in [0.1, 0.15) is 18.7 Å². The van der Waals surface area contributed by atoms with Crippen LogP contribution in [-0.2, 0) is 18.3 Å². The maximum absolute atomic E-state index is 6.11. The van der Waals surface area contributed by atoms with E-state index in [0.717, 1.165) is 51.5 Å². The molecule has 0 unspecified atom stereocenters. The highest BCUT2D eigenvalue weighted by molar-refractivity contribution is 5.45. The molecule has 0 saturated carbocycles. The summed E-state index contributed by atoms with van der Waals surface area (Å²) in [5, 5.41) is 0. The summed E-state index contributed by atoms with van der Waals surface area (Å²) in [4.78, 5) is 13.8. The normalized spacial score (nSPS) is 25.3. The second kappa shape index (κ2) is 6.91. The zero-order chi connectivity index (χ0) is 16.4. The first-order valence-electron chi connectivity index (χ1n) is 8.78. The monoisotopic (exact) mass is 327 g/mol. The number of rotatable bonds is 3. The predicted octanol–water partition coefficient (Wildman–Crippen LogP) is 1.68. The Morgan fingerprint density at radius 2 is 2.12 bits per heavy atom. The topological polar surface area (TPSA) is 46.4 Å². The predicted molar refractivity (Wildman–Crippen MR) is 92.8 cm³/mol. The molecular weight excluding hydrogens is 302 g/mol. The maximum atomic E-state index is 6.11. The van der Waals surface area contributed by atoms with Crippen LogP contribution in [0.15, 0.2) is 36.9 Å². The summed E-state index contributed by atoms with van der Waals surface area (Å²) >= 11 is 0. The molecule has 4 heterocycles. The fourth-order valence-corrected chi connectivity index (χ4v) is 3.89. The molecule has 0 radical (unpaired) electrons. The first-order valence-corrected chi connectivity index (χ1v) is 8.78. The number of anilines is 1. The van der Waals surface area contributed by atoms with Gasteiger partial charge in [-0.25, -0.2) is 4.98 Å². The van der Waals surface area contributed by atoms with Crippen molar-refractivity contribution >= 4 is 5.69 Å². The van der Waals surface area contributed by atoms with Gasteiger partial charge in [0.2, 0.25) is 0 Å². The van der Waals surface area contributed by atoms with Crippen LogP contribution in [-0.4, -0.2) is 57.8 Å². The lowest BCUT2D eigenvalue weighted by atomic mass is 10.0. The molecule has 2 aliphatic rings. The maximum Gasteiger partial charge on any atom is 0.122 e. The average molecular weight is 327 g/mol. The van der Waals surface area contributed by atoms with Crippen molar-refractivity contribution in [3.8, 4) is 0 Å². The number of aryl methyl sites for hydroxylation is 1. The summed E-state index contributed by atoms with van der Waals surface area (Å²) < 4.78 is 8.22. The molecule has 2 aromatic heterocycles. The number of fused-ring (bicyclic) bond motifs is 1. The SMILES string of the molecule is Cn1ccnc1CN1CC[C@@H]2OCCN(c3cccnc3)[C@@H]2CC1. The highest BCUT2D eigenvalue weighted by Crippen LogP contribution is 2.28. The van der Waals surface area contributed by atoms with Crippen LogP contribution < -0.4 is 4.90 Å². The molecule has 2 saturated heterocycles. The van der Waals surface area contributed by atoms with Gasteiger partial charge in [-0.05, 0) is 25.0 Å². The summed E-state index contributed by atoms with van der Waals surface area (Å²) in [7, 11) is 2.06. The molecule has 0 amide bonds. The second-order valence-corrected chi connectivity index (χ2v) is 6.69. The molecule has 0 aliphatic carbocycles. The number of aromatic nitrogens is 3. The van der Waals surface area contributed by atoms with Gasteiger partial charge in [-0.2, -0.15) is 0 Å². The van der Waals surface area contributed by atoms with E-state index in [1.54, 1.807) is 0 Å². The van der Waals surface area contributed by atoms with Gasteiger partial charge in [0.05, 0.1) is 37.2 Å². The van der Waals surface area contributed by atoms with Crippen molar-refractivity contribution in [1.29, 1.82) is 0 Å². The van der Waals surface area contributed by atoms with Crippen LogP contribution in [0.4, 0.5) is 5.69 Å². The van der Waals surface area contributed by atoms with Crippen LogP contribution in [0.25, 0.3) is 0 Å². The fraction of sp³-hybridized carbons (Fsp3) is 0.556. The van der Waals surface area contributed by atoms with Crippen LogP contribution in [0.2, 0.25) is 0 Å². The third kappa shape index (κ3) is 3.16. The molecule has 4 rings (SSSR count). The molecule has 6 nitrogen and oxygen atoms in total. The number of morpholine rings is 1. The van der Waals surface area contributed by atoms with Crippen LogP contribution in [0, 0.1) is 0 Å². The summed E-state index contributed by atoms with van der Waals surface area (Å²) in [5.41, 5.74) is 1.22. The third-order valence-electron chi connectivity index (χ3n) is 5.23. The van der Waals surface area contributed by atoms with Gasteiger partial charge < -0.3 is 14.2 Å². The number of hydrogen-bond acceptors (Lipinski definition) is 5. The zero-order valence-electron chi connectivity index (χ0n) is 14.2. The Morgan fingerprint density at radius 3 is 2.92 bits per heavy atom. The molecule has 0 bridgehead atoms. The molecule has 2 aliphatic heterocycles. The van der Waals surface area contributed by atoms with E-state index < -0.39 is 0 Å². The van der Waals surface area contributed by atoms with E-state index in [4.69, 9.17) is 4.74 Å². The first-order chi connectivity index (χ1) is 11.8. The van der Waals surface area contributed by atoms with Gasteiger partial charge in [-0.1, -0.05) is 0 Å². The van der Waals surface area contributed by atoms with Crippen molar-refractivity contribution in [3.63, 3.8) is 0 Å². The standard InChI is InChI=1S/C18H25N5O/c1-21-10-7-20-18(21)14-22-8-4-16-17(5-9-22)24-12-11-23(16)15-3-2-6-19-13-15/h2-3,6-7,10,13,16-17H,4-5,8-9,11-12,14H2,1H3/t16-,17+/m1/s1. The van der Waals surface area contributed by atoms with Crippen LogP contribution >= 0.6 is 0 Å². The van der Waals surface area contributed by atoms with E-state index in [0.29, 0.717) is 12.1 Å². The summed E-state index contributed by atoms with van der Waals surface area (Å²) in [6.07, 6.45) is 10.2. The van der Waals surface area contributed by atoms with E-state index in [9.17, 15) is 0 Å². The molecule has 0 N–H and O–H groups in total. The Balaban J connectivity index is 1.47. The zero-order valence-corrected chi connectivity index (χ0v) is 14.2. The van der Waals surface area contributed by atoms with E-state index in [1.807, 2.05) is 30.9 Å². The number of likely N-dealkylation sites (tertiary alicyclic amines) is 1. The number of pyridine rings is 1. The molecule has 24 heavy (non-hydrogen) atoms. The lowest BCUT2D eigenvalue weighted by Gasteiger charge is -2.41. The Hall–Kier alpha value is -1.92. The highest BCUT2D eigenvalue weighted by atomic mass is 16.5. The Labute approximate surface area is 143 Å². The van der Waals surface area contributed by atoms with Crippen LogP contribution in [0.3, 0.4) is 0 Å². The van der Waals surface area contributed by atoms with Crippen molar-refractivity contribution in [3.05, 3.63) is 42.7 Å². The highest BCUT2D eigenvalue weighted by Gasteiger charge is 2.35. The molecule has 0 spiro atoms. The average Bonchev–Trinajstić information content (AvgIpc) is 2.90. The minimum absolute atomic E-state index is 0.310. The van der Waals surface area contributed by atoms with Crippen LogP contribution in [0.5, 0.6) is 0 Å². The Kier molecular flexibility index (Phi) is 4.49. The van der Waals surface area contributed by atoms with Crippen molar-refractivity contribution < 1.29 is 4.74 Å². The van der Waals surface area contributed by atoms with Gasteiger partial charge in [0.15, 0.2) is 0 Å². The van der Waals surface area contributed by atoms with Gasteiger partial charge in [0, 0.05) is 45.3 Å². The molecule has 2 fully saturated rings. The van der Waals surface area contributed by atoms with E-state index in [1.165, 1.54) is 5.69 Å². The van der Waals surface area contributed by atoms with Gasteiger partial charge in [0.25, 0.3) is 0 Å². The second-order valence-electron chi connectivity index (χ2n) is 6.69. The smallest absolute Gasteiger partial charge is 0.122 e. The number of imidazole rings is 1. The Morgan fingerprint density at radius 1 is 1.21 bits per heavy atom. The minimum atomic E-state index is 0.310. The molecule has 2 atom stereocenters. The summed E-state index contributed by atoms with van der Waals surface area (Å²) in [6, 6.07) is 4.62. The number of nitrogens with zero attached hydrogens (tertiary/aromatic N) is 5. The largest absolute Gasteiger partial charge is 0.374 e. The number of ether oxygens (including phenoxy) is 1. The van der Waals surface area contributed by atoms with Crippen molar-refractivity contribution in [2.75, 3.05) is 31.1 Å². The summed E-state index contributed by atoms with van der Waals surface area (Å²) in [6.45, 7) is 4.81. The fourth-order valence-electron chi connectivity index (χ4n) is 3.89. The van der Waals surface area contributed by atoms with Crippen molar-refractivity contribution in [1.82, 2.24) is 19.4 Å². The number of hydrogen-bond donors (Lipinski definition) is 0. The lowest BCUT2D eigenvalue weighted by Crippen LogP contribution is -2.51. The third-order valence-corrected chi connectivity index (χ3v) is 5.23. The summed E-state index contributed by atoms with van der Waals surface area (Å²) in [5.74, 6) is 1.13. The van der Waals surface area contributed by atoms with Gasteiger partial charge in [0.1, 0.15) is 5.82 Å².